The highest BCUT2D eigenvalue weighted by atomic mass is 16.2. The summed E-state index contributed by atoms with van der Waals surface area (Å²) >= 11 is 0. The van der Waals surface area contributed by atoms with Gasteiger partial charge in [0.1, 0.15) is 0 Å². The Hall–Kier alpha value is -1.84. The van der Waals surface area contributed by atoms with E-state index < -0.39 is 0 Å². The van der Waals surface area contributed by atoms with Gasteiger partial charge >= 0.3 is 6.03 Å². The number of hydrazone groups is 1. The normalized spacial score (nSPS) is 23.4. The van der Waals surface area contributed by atoms with Gasteiger partial charge < -0.3 is 5.32 Å². The van der Waals surface area contributed by atoms with E-state index in [1.54, 1.807) is 0 Å². The lowest BCUT2D eigenvalue weighted by Gasteiger charge is -2.29. The predicted octanol–water partition coefficient (Wildman–Crippen LogP) is 6.71. The minimum atomic E-state index is -0.0414. The maximum Gasteiger partial charge on any atom is 0.342 e. The average Bonchev–Trinajstić information content (AvgIpc) is 2.88. The Bertz CT molecular complexity index is 683. The largest absolute Gasteiger partial charge is 0.342 e. The van der Waals surface area contributed by atoms with E-state index in [1.807, 2.05) is 17.1 Å². The lowest BCUT2D eigenvalue weighted by Crippen LogP contribution is -2.39. The second-order valence-corrected chi connectivity index (χ2v) is 8.85. The van der Waals surface area contributed by atoms with Crippen LogP contribution in [0.25, 0.3) is 0 Å². The van der Waals surface area contributed by atoms with E-state index in [1.165, 1.54) is 77.0 Å². The number of fused-ring (bicyclic) bond motifs is 1. The summed E-state index contributed by atoms with van der Waals surface area (Å²) in [5.74, 6) is 0.477. The van der Waals surface area contributed by atoms with Crippen molar-refractivity contribution in [3.63, 3.8) is 0 Å². The van der Waals surface area contributed by atoms with Crippen molar-refractivity contribution < 1.29 is 4.79 Å². The molecular weight excluding hydrogens is 346 g/mol. The quantitative estimate of drug-likeness (QED) is 0.608. The Morgan fingerprint density at radius 2 is 1.36 bits per heavy atom. The molecule has 4 heteroatoms. The van der Waals surface area contributed by atoms with Crippen molar-refractivity contribution in [2.24, 2.45) is 11.0 Å². The highest BCUT2D eigenvalue weighted by Gasteiger charge is 2.31. The summed E-state index contributed by atoms with van der Waals surface area (Å²) in [6.07, 6.45) is 17.4. The summed E-state index contributed by atoms with van der Waals surface area (Å²) in [5.41, 5.74) is 3.20. The summed E-state index contributed by atoms with van der Waals surface area (Å²) in [4.78, 5) is 13.2. The smallest absolute Gasteiger partial charge is 0.306 e. The topological polar surface area (TPSA) is 44.7 Å². The van der Waals surface area contributed by atoms with Gasteiger partial charge in [-0.1, -0.05) is 82.4 Å². The molecule has 3 aliphatic rings. The minimum absolute atomic E-state index is 0.0414. The summed E-state index contributed by atoms with van der Waals surface area (Å²) in [7, 11) is 0. The maximum absolute atomic E-state index is 13.2. The van der Waals surface area contributed by atoms with Crippen LogP contribution in [0, 0.1) is 5.92 Å². The van der Waals surface area contributed by atoms with E-state index in [4.69, 9.17) is 5.10 Å². The van der Waals surface area contributed by atoms with Crippen molar-refractivity contribution in [2.45, 2.75) is 95.9 Å². The number of urea groups is 1. The van der Waals surface area contributed by atoms with E-state index in [0.717, 1.165) is 29.8 Å². The molecule has 28 heavy (non-hydrogen) atoms. The molecule has 152 valence electrons. The van der Waals surface area contributed by atoms with Crippen LogP contribution in [0.3, 0.4) is 0 Å². The molecule has 0 bridgehead atoms. The average molecular weight is 382 g/mol. The van der Waals surface area contributed by atoms with E-state index in [0.29, 0.717) is 5.92 Å². The predicted molar refractivity (Wildman–Crippen MR) is 116 cm³/mol. The SMILES string of the molecule is O=C1Nc2ccccc2C(C2CCCCC2)=NN1C1CCCCCCCCC1. The molecule has 4 rings (SSSR count). The van der Waals surface area contributed by atoms with Crippen molar-refractivity contribution >= 4 is 17.4 Å². The summed E-state index contributed by atoms with van der Waals surface area (Å²) < 4.78 is 0. The van der Waals surface area contributed by atoms with Gasteiger partial charge in [-0.3, -0.25) is 0 Å². The number of amides is 2. The molecular formula is C24H35N3O. The maximum atomic E-state index is 13.2. The standard InChI is InChI=1S/C24H35N3O/c28-24-25-22-18-12-11-17-21(22)23(19-13-7-6-8-14-19)26-27(24)20-15-9-4-2-1-3-5-10-16-20/h11-12,17-20H,1-10,13-16H2,(H,25,28). The lowest BCUT2D eigenvalue weighted by atomic mass is 9.83. The molecule has 0 spiro atoms. The van der Waals surface area contributed by atoms with E-state index in [-0.39, 0.29) is 12.1 Å². The number of para-hydroxylation sites is 1. The second kappa shape index (κ2) is 9.58. The molecule has 1 heterocycles. The molecule has 2 amide bonds. The van der Waals surface area contributed by atoms with Crippen LogP contribution in [-0.2, 0) is 0 Å². The first-order valence-corrected chi connectivity index (χ1v) is 11.6. The van der Waals surface area contributed by atoms with Crippen molar-refractivity contribution in [1.82, 2.24) is 5.01 Å². The van der Waals surface area contributed by atoms with Crippen molar-refractivity contribution in [1.29, 1.82) is 0 Å². The second-order valence-electron chi connectivity index (χ2n) is 8.85. The Labute approximate surface area is 169 Å². The van der Waals surface area contributed by atoms with Gasteiger partial charge in [0.15, 0.2) is 0 Å². The summed E-state index contributed by atoms with van der Waals surface area (Å²) in [5, 5.41) is 10.1. The van der Waals surface area contributed by atoms with Gasteiger partial charge in [0.25, 0.3) is 0 Å². The number of anilines is 1. The number of carbonyl (C=O) groups is 1. The first-order valence-electron chi connectivity index (χ1n) is 11.6. The van der Waals surface area contributed by atoms with Crippen LogP contribution in [0.4, 0.5) is 10.5 Å². The molecule has 4 nitrogen and oxygen atoms in total. The zero-order valence-corrected chi connectivity index (χ0v) is 17.2. The third-order valence-corrected chi connectivity index (χ3v) is 6.78. The van der Waals surface area contributed by atoms with Crippen LogP contribution in [0.15, 0.2) is 29.4 Å². The van der Waals surface area contributed by atoms with Crippen LogP contribution in [0.2, 0.25) is 0 Å². The summed E-state index contributed by atoms with van der Waals surface area (Å²) in [6.45, 7) is 0. The van der Waals surface area contributed by atoms with Gasteiger partial charge in [0.05, 0.1) is 17.4 Å². The van der Waals surface area contributed by atoms with Gasteiger partial charge in [-0.15, -0.1) is 0 Å². The molecule has 1 aromatic rings. The molecule has 1 aromatic carbocycles. The number of hydrogen-bond donors (Lipinski definition) is 1. The van der Waals surface area contributed by atoms with Crippen molar-refractivity contribution in [3.8, 4) is 0 Å². The Kier molecular flexibility index (Phi) is 6.66. The van der Waals surface area contributed by atoms with Crippen LogP contribution in [-0.4, -0.2) is 22.8 Å². The Morgan fingerprint density at radius 3 is 2.07 bits per heavy atom. The third-order valence-electron chi connectivity index (χ3n) is 6.78. The van der Waals surface area contributed by atoms with Crippen LogP contribution in [0.1, 0.15) is 95.5 Å². The molecule has 0 radical (unpaired) electrons. The van der Waals surface area contributed by atoms with Crippen LogP contribution < -0.4 is 5.32 Å². The van der Waals surface area contributed by atoms with Gasteiger partial charge in [-0.2, -0.15) is 5.10 Å². The van der Waals surface area contributed by atoms with Gasteiger partial charge in [0.2, 0.25) is 0 Å². The summed E-state index contributed by atoms with van der Waals surface area (Å²) in [6, 6.07) is 8.44. The van der Waals surface area contributed by atoms with Gasteiger partial charge in [-0.25, -0.2) is 9.80 Å². The lowest BCUT2D eigenvalue weighted by molar-refractivity contribution is 0.178. The molecule has 2 aliphatic carbocycles. The number of hydrogen-bond acceptors (Lipinski definition) is 2. The molecule has 0 atom stereocenters. The molecule has 2 fully saturated rings. The Balaban J connectivity index is 1.64. The van der Waals surface area contributed by atoms with Gasteiger partial charge in [0, 0.05) is 11.5 Å². The number of benzene rings is 1. The fraction of sp³-hybridized carbons (Fsp3) is 0.667. The van der Waals surface area contributed by atoms with Crippen LogP contribution >= 0.6 is 0 Å². The first-order chi connectivity index (χ1) is 13.8. The molecule has 2 saturated carbocycles. The van der Waals surface area contributed by atoms with Crippen molar-refractivity contribution in [3.05, 3.63) is 29.8 Å². The minimum Gasteiger partial charge on any atom is -0.306 e. The number of rotatable bonds is 2. The Morgan fingerprint density at radius 1 is 0.786 bits per heavy atom. The number of nitrogens with zero attached hydrogens (tertiary/aromatic N) is 2. The van der Waals surface area contributed by atoms with Crippen molar-refractivity contribution in [2.75, 3.05) is 5.32 Å². The fourth-order valence-electron chi connectivity index (χ4n) is 5.16. The molecule has 1 aliphatic heterocycles. The third kappa shape index (κ3) is 4.59. The molecule has 0 unspecified atom stereocenters. The highest BCUT2D eigenvalue weighted by Crippen LogP contribution is 2.33. The zero-order chi connectivity index (χ0) is 19.2. The molecule has 1 N–H and O–H groups in total. The monoisotopic (exact) mass is 381 g/mol. The number of carbonyl (C=O) groups excluding carboxylic acids is 1. The van der Waals surface area contributed by atoms with E-state index in [9.17, 15) is 4.79 Å². The first kappa shape index (κ1) is 19.5. The fourth-order valence-corrected chi connectivity index (χ4v) is 5.16. The molecule has 0 aromatic heterocycles. The highest BCUT2D eigenvalue weighted by molar-refractivity contribution is 6.10. The number of nitrogens with one attached hydrogen (secondary N) is 1. The zero-order valence-electron chi connectivity index (χ0n) is 17.2. The van der Waals surface area contributed by atoms with Gasteiger partial charge in [-0.05, 0) is 31.7 Å². The molecule has 0 saturated heterocycles. The van der Waals surface area contributed by atoms with E-state index in [2.05, 4.69) is 17.4 Å². The van der Waals surface area contributed by atoms with Crippen LogP contribution in [0.5, 0.6) is 0 Å². The van der Waals surface area contributed by atoms with E-state index >= 15 is 0 Å².